The fourth-order valence-electron chi connectivity index (χ4n) is 0.163. The van der Waals surface area contributed by atoms with E-state index >= 15 is 0 Å². The summed E-state index contributed by atoms with van der Waals surface area (Å²) in [5, 5.41) is 2.34. The van der Waals surface area contributed by atoms with E-state index in [1.54, 1.807) is 0 Å². The van der Waals surface area contributed by atoms with Crippen molar-refractivity contribution in [3.63, 3.8) is 0 Å². The third kappa shape index (κ3) is 3.64. The summed E-state index contributed by atoms with van der Waals surface area (Å²) < 4.78 is 0. The number of nitrogens with zero attached hydrogens (tertiary/aromatic N) is 3. The van der Waals surface area contributed by atoms with E-state index in [-0.39, 0.29) is 0 Å². The first kappa shape index (κ1) is 8.07. The second-order valence-electron chi connectivity index (χ2n) is 1.34. The normalized spacial score (nSPS) is 11.3. The zero-order valence-electron chi connectivity index (χ0n) is 4.71. The van der Waals surface area contributed by atoms with Crippen molar-refractivity contribution in [1.29, 1.82) is 0 Å². The third-order valence-corrected chi connectivity index (χ3v) is 0.964. The summed E-state index contributed by atoms with van der Waals surface area (Å²) in [5.74, 6) is 0. The first-order chi connectivity index (χ1) is 4.18. The third-order valence-electron chi connectivity index (χ3n) is 0.637. The first-order valence-electron chi connectivity index (χ1n) is 2.17. The molecule has 0 aromatic heterocycles. The van der Waals surface area contributed by atoms with Gasteiger partial charge >= 0.3 is 0 Å². The van der Waals surface area contributed by atoms with Crippen LogP contribution in [0.25, 0.3) is 10.4 Å². The molecule has 0 aliphatic rings. The molecule has 0 unspecified atom stereocenters. The van der Waals surface area contributed by atoms with Crippen LogP contribution in [-0.4, -0.2) is 11.3 Å². The molecule has 0 bridgehead atoms. The molecule has 5 nitrogen and oxygen atoms in total. The standard InChI is InChI=1S/C3H5ClN4O/c1-2(3(4)9)6-8-7-5/h2,6H,1H3/t2-/m0/s1. The zero-order valence-corrected chi connectivity index (χ0v) is 5.46. The number of azide groups is 1. The van der Waals surface area contributed by atoms with Gasteiger partial charge in [0.25, 0.3) is 5.24 Å². The second-order valence-corrected chi connectivity index (χ2v) is 1.72. The van der Waals surface area contributed by atoms with Crippen LogP contribution >= 0.6 is 11.6 Å². The lowest BCUT2D eigenvalue weighted by Gasteiger charge is -1.96. The molecule has 0 saturated heterocycles. The predicted octanol–water partition coefficient (Wildman–Crippen LogP) is 0.955. The summed E-state index contributed by atoms with van der Waals surface area (Å²) in [6, 6.07) is -0.623. The Kier molecular flexibility index (Phi) is 3.59. The maximum absolute atomic E-state index is 10.2. The molecule has 9 heavy (non-hydrogen) atoms. The zero-order chi connectivity index (χ0) is 7.28. The Morgan fingerprint density at radius 3 is 2.89 bits per heavy atom. The van der Waals surface area contributed by atoms with Crippen LogP contribution in [0.1, 0.15) is 6.92 Å². The summed E-state index contributed by atoms with van der Waals surface area (Å²) in [4.78, 5) is 12.5. The van der Waals surface area contributed by atoms with Gasteiger partial charge in [-0.25, -0.2) is 0 Å². The van der Waals surface area contributed by atoms with Gasteiger partial charge in [0.05, 0.1) is 0 Å². The number of hydrogen-bond donors (Lipinski definition) is 1. The van der Waals surface area contributed by atoms with Gasteiger partial charge in [-0.15, -0.1) is 5.53 Å². The number of nitrogens with one attached hydrogen (secondary N) is 1. The van der Waals surface area contributed by atoms with Crippen molar-refractivity contribution < 1.29 is 4.79 Å². The highest BCUT2D eigenvalue weighted by molar-refractivity contribution is 6.64. The molecular formula is C3H5ClN4O. The highest BCUT2D eigenvalue weighted by Gasteiger charge is 2.09. The Morgan fingerprint density at radius 1 is 2.00 bits per heavy atom. The molecule has 50 valence electrons. The number of halogens is 1. The van der Waals surface area contributed by atoms with Crippen molar-refractivity contribution in [3.05, 3.63) is 10.4 Å². The summed E-state index contributed by atoms with van der Waals surface area (Å²) >= 11 is 4.98. The maximum Gasteiger partial charge on any atom is 0.266 e. The minimum absolute atomic E-state index is 0.581. The second kappa shape index (κ2) is 4.00. The Balaban J connectivity index is 3.63. The molecule has 0 spiro atoms. The van der Waals surface area contributed by atoms with Gasteiger partial charge in [-0.3, -0.25) is 10.2 Å². The lowest BCUT2D eigenvalue weighted by molar-refractivity contribution is -0.113. The van der Waals surface area contributed by atoms with Gasteiger partial charge in [-0.1, -0.05) is 0 Å². The van der Waals surface area contributed by atoms with Crippen LogP contribution in [0.5, 0.6) is 0 Å². The molecule has 1 atom stereocenters. The van der Waals surface area contributed by atoms with Crippen LogP contribution in [0.15, 0.2) is 5.22 Å². The number of carbonyl (C=O) groups excluding carboxylic acids is 1. The minimum Gasteiger partial charge on any atom is -0.276 e. The minimum atomic E-state index is -0.623. The largest absolute Gasteiger partial charge is 0.276 e. The van der Waals surface area contributed by atoms with Crippen LogP contribution < -0.4 is 5.43 Å². The lowest BCUT2D eigenvalue weighted by atomic mass is 10.4. The highest BCUT2D eigenvalue weighted by Crippen LogP contribution is 1.88. The Labute approximate surface area is 56.6 Å². The average molecular weight is 149 g/mol. The van der Waals surface area contributed by atoms with Crippen LogP contribution in [0, 0.1) is 0 Å². The maximum atomic E-state index is 10.2. The van der Waals surface area contributed by atoms with E-state index in [0.29, 0.717) is 0 Å². The molecule has 1 N–H and O–H groups in total. The van der Waals surface area contributed by atoms with Crippen molar-refractivity contribution in [3.8, 4) is 0 Å². The molecule has 0 fully saturated rings. The van der Waals surface area contributed by atoms with E-state index in [1.807, 2.05) is 0 Å². The van der Waals surface area contributed by atoms with E-state index in [4.69, 9.17) is 17.1 Å². The van der Waals surface area contributed by atoms with Gasteiger partial charge in [0.1, 0.15) is 0 Å². The van der Waals surface area contributed by atoms with Crippen molar-refractivity contribution >= 4 is 16.8 Å². The van der Waals surface area contributed by atoms with Gasteiger partial charge in [0.15, 0.2) is 6.04 Å². The Hall–Kier alpha value is -0.930. The molecule has 0 heterocycles. The van der Waals surface area contributed by atoms with Gasteiger partial charge in [0, 0.05) is 0 Å². The summed E-state index contributed by atoms with van der Waals surface area (Å²) in [7, 11) is 0. The monoisotopic (exact) mass is 148 g/mol. The van der Waals surface area contributed by atoms with Gasteiger partial charge in [-0.05, 0) is 23.7 Å². The first-order valence-corrected chi connectivity index (χ1v) is 2.55. The van der Waals surface area contributed by atoms with Crippen molar-refractivity contribution in [2.75, 3.05) is 0 Å². The fourth-order valence-corrected chi connectivity index (χ4v) is 0.212. The number of rotatable bonds is 3. The Morgan fingerprint density at radius 2 is 2.56 bits per heavy atom. The Bertz CT molecular complexity index is 152. The molecule has 0 aromatic rings. The van der Waals surface area contributed by atoms with Crippen LogP contribution in [0.2, 0.25) is 0 Å². The van der Waals surface area contributed by atoms with Crippen LogP contribution in [0.4, 0.5) is 0 Å². The van der Waals surface area contributed by atoms with E-state index in [9.17, 15) is 4.79 Å². The summed E-state index contributed by atoms with van der Waals surface area (Å²) in [6.45, 7) is 1.49. The van der Waals surface area contributed by atoms with E-state index in [2.05, 4.69) is 15.6 Å². The molecule has 0 amide bonds. The van der Waals surface area contributed by atoms with E-state index < -0.39 is 11.3 Å². The molecule has 0 aromatic carbocycles. The summed E-state index contributed by atoms with van der Waals surface area (Å²) in [6.07, 6.45) is 0. The lowest BCUT2D eigenvalue weighted by Crippen LogP contribution is -2.25. The highest BCUT2D eigenvalue weighted by atomic mass is 35.5. The molecule has 0 rings (SSSR count). The van der Waals surface area contributed by atoms with Crippen LogP contribution in [0.3, 0.4) is 0 Å². The van der Waals surface area contributed by atoms with Gasteiger partial charge in [0.2, 0.25) is 0 Å². The molecule has 0 aliphatic heterocycles. The predicted molar refractivity (Wildman–Crippen MR) is 32.6 cm³/mol. The summed E-state index contributed by atoms with van der Waals surface area (Å²) in [5.41, 5.74) is 9.90. The van der Waals surface area contributed by atoms with E-state index in [1.165, 1.54) is 6.92 Å². The fraction of sp³-hybridized carbons (Fsp3) is 0.667. The molecular weight excluding hydrogens is 144 g/mol. The molecule has 0 aliphatic carbocycles. The average Bonchev–Trinajstić information content (AvgIpc) is 1.82. The number of carbonyl (C=O) groups is 1. The van der Waals surface area contributed by atoms with E-state index in [0.717, 1.165) is 0 Å². The molecule has 0 saturated carbocycles. The number of hydrogen-bond acceptors (Lipinski definition) is 2. The van der Waals surface area contributed by atoms with Crippen molar-refractivity contribution in [2.45, 2.75) is 13.0 Å². The molecule has 0 radical (unpaired) electrons. The van der Waals surface area contributed by atoms with Crippen molar-refractivity contribution in [2.24, 2.45) is 5.22 Å². The smallest absolute Gasteiger partial charge is 0.266 e. The quantitative estimate of drug-likeness (QED) is 0.213. The van der Waals surface area contributed by atoms with Gasteiger partial charge < -0.3 is 0 Å². The topological polar surface area (TPSA) is 77.9 Å². The van der Waals surface area contributed by atoms with Crippen LogP contribution in [-0.2, 0) is 4.79 Å². The van der Waals surface area contributed by atoms with Gasteiger partial charge in [-0.2, -0.15) is 4.91 Å². The SMILES string of the molecule is C[C@H](NN=[N+]=[N-])C(=O)Cl. The van der Waals surface area contributed by atoms with Crippen molar-refractivity contribution in [1.82, 2.24) is 5.43 Å². The molecule has 6 heteroatoms.